The van der Waals surface area contributed by atoms with Crippen molar-refractivity contribution in [3.05, 3.63) is 33.8 Å². The highest BCUT2D eigenvalue weighted by Gasteiger charge is 2.37. The number of carboxylic acids is 1. The minimum atomic E-state index is -1.06. The van der Waals surface area contributed by atoms with E-state index in [9.17, 15) is 14.7 Å². The largest absolute Gasteiger partial charge is 0.480 e. The van der Waals surface area contributed by atoms with Crippen molar-refractivity contribution in [2.24, 2.45) is 0 Å². The Kier molecular flexibility index (Phi) is 6.19. The molecule has 1 atom stereocenters. The van der Waals surface area contributed by atoms with Crippen LogP contribution in [0.1, 0.15) is 26.3 Å². The number of hydrogen-bond acceptors (Lipinski definition) is 4. The molecule has 1 fully saturated rings. The number of benzene rings is 1. The predicted molar refractivity (Wildman–Crippen MR) is 96.1 cm³/mol. The summed E-state index contributed by atoms with van der Waals surface area (Å²) in [6.07, 6.45) is -0.607. The summed E-state index contributed by atoms with van der Waals surface area (Å²) in [6, 6.07) is 4.26. The lowest BCUT2D eigenvalue weighted by Crippen LogP contribution is -2.58. The Labute approximate surface area is 157 Å². The van der Waals surface area contributed by atoms with Gasteiger partial charge in [-0.05, 0) is 38.5 Å². The summed E-state index contributed by atoms with van der Waals surface area (Å²) in [4.78, 5) is 27.1. The zero-order chi connectivity index (χ0) is 18.8. The number of carbonyl (C=O) groups is 2. The van der Waals surface area contributed by atoms with E-state index >= 15 is 0 Å². The molecule has 1 aliphatic heterocycles. The summed E-state index contributed by atoms with van der Waals surface area (Å²) in [5.74, 6) is -1.06. The van der Waals surface area contributed by atoms with Gasteiger partial charge in [0.1, 0.15) is 11.6 Å². The maximum Gasteiger partial charge on any atom is 0.411 e. The third-order valence-electron chi connectivity index (χ3n) is 3.79. The monoisotopic (exact) mass is 388 g/mol. The summed E-state index contributed by atoms with van der Waals surface area (Å²) < 4.78 is 5.31. The Morgan fingerprint density at radius 3 is 2.52 bits per heavy atom. The minimum Gasteiger partial charge on any atom is -0.480 e. The van der Waals surface area contributed by atoms with Crippen LogP contribution in [0.3, 0.4) is 0 Å². The van der Waals surface area contributed by atoms with Gasteiger partial charge in [-0.2, -0.15) is 0 Å². The molecule has 1 aromatic rings. The van der Waals surface area contributed by atoms with Crippen molar-refractivity contribution < 1.29 is 19.4 Å². The number of amides is 1. The van der Waals surface area contributed by atoms with E-state index in [2.05, 4.69) is 0 Å². The van der Waals surface area contributed by atoms with Crippen LogP contribution < -0.4 is 0 Å². The van der Waals surface area contributed by atoms with E-state index < -0.39 is 23.7 Å². The molecule has 1 aromatic carbocycles. The van der Waals surface area contributed by atoms with Gasteiger partial charge in [0.2, 0.25) is 0 Å². The van der Waals surface area contributed by atoms with Gasteiger partial charge in [0.05, 0.1) is 0 Å². The zero-order valence-electron chi connectivity index (χ0n) is 14.5. The van der Waals surface area contributed by atoms with Crippen LogP contribution >= 0.6 is 23.2 Å². The number of aliphatic carboxylic acids is 1. The van der Waals surface area contributed by atoms with Gasteiger partial charge in [-0.1, -0.05) is 29.3 Å². The molecule has 0 aliphatic carbocycles. The van der Waals surface area contributed by atoms with E-state index in [0.717, 1.165) is 5.56 Å². The standard InChI is InChI=1S/C17H22Cl2N2O4/c1-17(2,3)25-16(24)21-7-6-20(10-14(21)15(22)23)9-11-4-5-12(18)8-13(11)19/h4-5,8,14H,6-7,9-10H2,1-3H3,(H,22,23). The first-order chi connectivity index (χ1) is 11.6. The molecule has 1 N–H and O–H groups in total. The molecule has 0 aromatic heterocycles. The number of ether oxygens (including phenoxy) is 1. The lowest BCUT2D eigenvalue weighted by Gasteiger charge is -2.39. The highest BCUT2D eigenvalue weighted by Crippen LogP contribution is 2.24. The molecule has 0 radical (unpaired) electrons. The molecule has 8 heteroatoms. The predicted octanol–water partition coefficient (Wildman–Crippen LogP) is 3.50. The number of nitrogens with zero attached hydrogens (tertiary/aromatic N) is 2. The van der Waals surface area contributed by atoms with E-state index in [1.165, 1.54) is 4.90 Å². The lowest BCUT2D eigenvalue weighted by molar-refractivity contribution is -0.145. The minimum absolute atomic E-state index is 0.202. The van der Waals surface area contributed by atoms with Crippen molar-refractivity contribution in [1.29, 1.82) is 0 Å². The molecule has 2 rings (SSSR count). The SMILES string of the molecule is CC(C)(C)OC(=O)N1CCN(Cc2ccc(Cl)cc2Cl)CC1C(=O)O. The van der Waals surface area contributed by atoms with E-state index in [1.54, 1.807) is 32.9 Å². The van der Waals surface area contributed by atoms with Gasteiger partial charge in [-0.15, -0.1) is 0 Å². The van der Waals surface area contributed by atoms with E-state index in [4.69, 9.17) is 27.9 Å². The maximum absolute atomic E-state index is 12.3. The molecule has 0 saturated carbocycles. The van der Waals surface area contributed by atoms with Crippen LogP contribution in [0.25, 0.3) is 0 Å². The van der Waals surface area contributed by atoms with Crippen LogP contribution in [-0.2, 0) is 16.1 Å². The molecule has 1 saturated heterocycles. The number of rotatable bonds is 3. The molecular weight excluding hydrogens is 367 g/mol. The summed E-state index contributed by atoms with van der Waals surface area (Å²) in [7, 11) is 0. The van der Waals surface area contributed by atoms with Gasteiger partial charge in [0, 0.05) is 36.2 Å². The van der Waals surface area contributed by atoms with Gasteiger partial charge < -0.3 is 9.84 Å². The molecule has 25 heavy (non-hydrogen) atoms. The van der Waals surface area contributed by atoms with Crippen molar-refractivity contribution in [1.82, 2.24) is 9.80 Å². The third kappa shape index (κ3) is 5.49. The van der Waals surface area contributed by atoms with Crippen molar-refractivity contribution in [2.45, 2.75) is 39.0 Å². The number of carboxylic acid groups (broad SMARTS) is 1. The summed E-state index contributed by atoms with van der Waals surface area (Å²) >= 11 is 12.1. The Hall–Kier alpha value is -1.50. The molecule has 0 bridgehead atoms. The first kappa shape index (κ1) is 19.8. The first-order valence-electron chi connectivity index (χ1n) is 7.95. The average molecular weight is 389 g/mol. The van der Waals surface area contributed by atoms with Crippen LogP contribution in [0.2, 0.25) is 10.0 Å². The summed E-state index contributed by atoms with van der Waals surface area (Å²) in [5.41, 5.74) is 0.189. The Bertz CT molecular complexity index is 661. The van der Waals surface area contributed by atoms with E-state index in [-0.39, 0.29) is 13.1 Å². The third-order valence-corrected chi connectivity index (χ3v) is 4.37. The van der Waals surface area contributed by atoms with Crippen LogP contribution in [0.4, 0.5) is 4.79 Å². The van der Waals surface area contributed by atoms with E-state index in [1.807, 2.05) is 11.0 Å². The topological polar surface area (TPSA) is 70.1 Å². The quantitative estimate of drug-likeness (QED) is 0.857. The van der Waals surface area contributed by atoms with Crippen LogP contribution in [0, 0.1) is 0 Å². The maximum atomic E-state index is 12.3. The van der Waals surface area contributed by atoms with Crippen LogP contribution in [0.15, 0.2) is 18.2 Å². The lowest BCUT2D eigenvalue weighted by atomic mass is 10.1. The molecule has 1 aliphatic rings. The Morgan fingerprint density at radius 1 is 1.28 bits per heavy atom. The molecule has 6 nitrogen and oxygen atoms in total. The van der Waals surface area contributed by atoms with Crippen molar-refractivity contribution in [3.63, 3.8) is 0 Å². The summed E-state index contributed by atoms with van der Waals surface area (Å²) in [6.45, 7) is 6.74. The second-order valence-electron chi connectivity index (χ2n) is 7.00. The fourth-order valence-electron chi connectivity index (χ4n) is 2.62. The number of halogens is 2. The number of piperazine rings is 1. The Balaban J connectivity index is 2.08. The first-order valence-corrected chi connectivity index (χ1v) is 8.71. The smallest absolute Gasteiger partial charge is 0.411 e. The highest BCUT2D eigenvalue weighted by molar-refractivity contribution is 6.35. The van der Waals surface area contributed by atoms with Crippen molar-refractivity contribution >= 4 is 35.3 Å². The molecule has 1 unspecified atom stereocenters. The second kappa shape index (κ2) is 7.81. The molecule has 1 heterocycles. The van der Waals surface area contributed by atoms with Gasteiger partial charge in [-0.3, -0.25) is 9.80 Å². The van der Waals surface area contributed by atoms with Gasteiger partial charge in [0.25, 0.3) is 0 Å². The molecular formula is C17H22Cl2N2O4. The molecule has 0 spiro atoms. The highest BCUT2D eigenvalue weighted by atomic mass is 35.5. The Morgan fingerprint density at radius 2 is 1.96 bits per heavy atom. The average Bonchev–Trinajstić information content (AvgIpc) is 2.48. The van der Waals surface area contributed by atoms with Gasteiger partial charge in [0.15, 0.2) is 0 Å². The fraction of sp³-hybridized carbons (Fsp3) is 0.529. The normalized spacial score (nSPS) is 18.9. The number of carbonyl (C=O) groups excluding carboxylic acids is 1. The zero-order valence-corrected chi connectivity index (χ0v) is 16.0. The second-order valence-corrected chi connectivity index (χ2v) is 7.84. The van der Waals surface area contributed by atoms with Crippen LogP contribution in [0.5, 0.6) is 0 Å². The van der Waals surface area contributed by atoms with E-state index in [0.29, 0.717) is 23.1 Å². The molecule has 1 amide bonds. The number of hydrogen-bond donors (Lipinski definition) is 1. The fourth-order valence-corrected chi connectivity index (χ4v) is 3.09. The summed E-state index contributed by atoms with van der Waals surface area (Å²) in [5, 5.41) is 10.6. The van der Waals surface area contributed by atoms with Crippen molar-refractivity contribution in [3.8, 4) is 0 Å². The van der Waals surface area contributed by atoms with Crippen molar-refractivity contribution in [2.75, 3.05) is 19.6 Å². The van der Waals surface area contributed by atoms with Crippen LogP contribution in [-0.4, -0.2) is 58.2 Å². The van der Waals surface area contributed by atoms with Gasteiger partial charge >= 0.3 is 12.1 Å². The molecule has 138 valence electrons. The van der Waals surface area contributed by atoms with Gasteiger partial charge in [-0.25, -0.2) is 9.59 Å².